The summed E-state index contributed by atoms with van der Waals surface area (Å²) in [6, 6.07) is 26.7. The lowest BCUT2D eigenvalue weighted by molar-refractivity contribution is -0.148. The summed E-state index contributed by atoms with van der Waals surface area (Å²) in [6.45, 7) is 3.74. The molecule has 0 bridgehead atoms. The normalized spacial score (nSPS) is 18.9. The van der Waals surface area contributed by atoms with Crippen LogP contribution >= 0.6 is 0 Å². The van der Waals surface area contributed by atoms with E-state index >= 15 is 0 Å². The smallest absolute Gasteiger partial charge is 0.236 e. The van der Waals surface area contributed by atoms with E-state index in [1.54, 1.807) is 0 Å². The molecule has 45 heavy (non-hydrogen) atoms. The zero-order valence-corrected chi connectivity index (χ0v) is 26.5. The minimum absolute atomic E-state index is 0.280. The van der Waals surface area contributed by atoms with E-state index in [4.69, 9.17) is 0 Å². The van der Waals surface area contributed by atoms with Gasteiger partial charge in [-0.25, -0.2) is 0 Å². The Morgan fingerprint density at radius 1 is 0.622 bits per heavy atom. The first kappa shape index (κ1) is 31.3. The molecule has 0 spiro atoms. The number of aliphatic hydroxyl groups is 2. The maximum atomic E-state index is 14.6. The summed E-state index contributed by atoms with van der Waals surface area (Å²) >= 11 is 0. The topological polar surface area (TPSA) is 98.7 Å². The van der Waals surface area contributed by atoms with Gasteiger partial charge in [-0.15, -0.1) is 0 Å². The highest BCUT2D eigenvalue weighted by molar-refractivity contribution is 6.05. The van der Waals surface area contributed by atoms with Gasteiger partial charge in [0.2, 0.25) is 11.8 Å². The van der Waals surface area contributed by atoms with Crippen LogP contribution in [0, 0.1) is 5.41 Å². The molecule has 2 aliphatic carbocycles. The van der Waals surface area contributed by atoms with Gasteiger partial charge < -0.3 is 20.8 Å². The third-order valence-corrected chi connectivity index (χ3v) is 10.9. The van der Waals surface area contributed by atoms with Gasteiger partial charge in [-0.1, -0.05) is 124 Å². The van der Waals surface area contributed by atoms with Gasteiger partial charge in [0.05, 0.1) is 23.3 Å². The fourth-order valence-electron chi connectivity index (χ4n) is 8.09. The summed E-state index contributed by atoms with van der Waals surface area (Å²) < 4.78 is 0. The van der Waals surface area contributed by atoms with Crippen molar-refractivity contribution in [3.8, 4) is 0 Å². The molecule has 2 aliphatic rings. The minimum Gasteiger partial charge on any atom is -0.387 e. The van der Waals surface area contributed by atoms with Crippen LogP contribution in [0.4, 0.5) is 0 Å². The number of carbonyl (C=O) groups excluding carboxylic acids is 2. The van der Waals surface area contributed by atoms with Gasteiger partial charge in [0.25, 0.3) is 0 Å². The number of hydrogen-bond donors (Lipinski definition) is 4. The van der Waals surface area contributed by atoms with E-state index in [0.29, 0.717) is 25.7 Å². The molecule has 6 nitrogen and oxygen atoms in total. The second kappa shape index (κ2) is 12.6. The zero-order chi connectivity index (χ0) is 31.7. The van der Waals surface area contributed by atoms with Crippen molar-refractivity contribution >= 4 is 33.4 Å². The highest BCUT2D eigenvalue weighted by Gasteiger charge is 2.50. The number of benzene rings is 4. The lowest BCUT2D eigenvalue weighted by Crippen LogP contribution is -2.57. The van der Waals surface area contributed by atoms with E-state index in [1.807, 2.05) is 98.8 Å². The lowest BCUT2D eigenvalue weighted by Gasteiger charge is -2.40. The molecule has 0 aliphatic heterocycles. The molecular weight excluding hydrogens is 560 g/mol. The standard InChI is InChI=1S/C39H46N2O4/c1-3-37(4-2,35(42)40-33(38(44)23-9-10-24-38)31-21-13-17-27-15-5-7-19-29(27)31)36(43)41-34(39(45)25-11-12-26-39)32-22-14-18-28-16-6-8-20-30(28)32/h5-8,13-22,33-34,44-45H,3-4,9-12,23-26H2,1-2H3,(H,40,42)(H,41,43)/t33-,34-/m0/s1. The maximum Gasteiger partial charge on any atom is 0.236 e. The Morgan fingerprint density at radius 3 is 1.36 bits per heavy atom. The summed E-state index contributed by atoms with van der Waals surface area (Å²) in [5, 5.41) is 34.5. The first-order chi connectivity index (χ1) is 21.7. The molecule has 0 heterocycles. The van der Waals surface area contributed by atoms with Crippen LogP contribution < -0.4 is 10.6 Å². The van der Waals surface area contributed by atoms with E-state index in [0.717, 1.165) is 58.4 Å². The Labute approximate surface area is 266 Å². The molecule has 4 aromatic rings. The van der Waals surface area contributed by atoms with Crippen LogP contribution in [-0.2, 0) is 9.59 Å². The van der Waals surface area contributed by atoms with Gasteiger partial charge in [0.1, 0.15) is 5.41 Å². The van der Waals surface area contributed by atoms with Crippen LogP contribution in [-0.4, -0.2) is 33.2 Å². The molecule has 2 atom stereocenters. The molecule has 0 saturated heterocycles. The number of rotatable bonds is 10. The predicted molar refractivity (Wildman–Crippen MR) is 180 cm³/mol. The Kier molecular flexibility index (Phi) is 8.73. The molecule has 4 aromatic carbocycles. The van der Waals surface area contributed by atoms with Crippen LogP contribution in [0.15, 0.2) is 84.9 Å². The first-order valence-electron chi connectivity index (χ1n) is 16.8. The van der Waals surface area contributed by atoms with Crippen molar-refractivity contribution in [3.63, 3.8) is 0 Å². The number of hydrogen-bond acceptors (Lipinski definition) is 4. The quantitative estimate of drug-likeness (QED) is 0.141. The van der Waals surface area contributed by atoms with Gasteiger partial charge in [-0.3, -0.25) is 9.59 Å². The first-order valence-corrected chi connectivity index (χ1v) is 16.8. The number of fused-ring (bicyclic) bond motifs is 2. The summed E-state index contributed by atoms with van der Waals surface area (Å²) in [7, 11) is 0. The van der Waals surface area contributed by atoms with E-state index < -0.39 is 40.5 Å². The predicted octanol–water partition coefficient (Wildman–Crippen LogP) is 7.42. The molecule has 4 N–H and O–H groups in total. The van der Waals surface area contributed by atoms with E-state index in [2.05, 4.69) is 10.6 Å². The van der Waals surface area contributed by atoms with Crippen molar-refractivity contribution in [1.82, 2.24) is 10.6 Å². The average Bonchev–Trinajstić information content (AvgIpc) is 3.72. The van der Waals surface area contributed by atoms with Crippen molar-refractivity contribution < 1.29 is 19.8 Å². The van der Waals surface area contributed by atoms with Crippen molar-refractivity contribution in [3.05, 3.63) is 96.1 Å². The summed E-state index contributed by atoms with van der Waals surface area (Å²) in [6.07, 6.45) is 6.40. The highest BCUT2D eigenvalue weighted by atomic mass is 16.3. The number of amides is 2. The second-order valence-electron chi connectivity index (χ2n) is 13.4. The Bertz CT molecular complexity index is 1550. The van der Waals surface area contributed by atoms with E-state index in [1.165, 1.54) is 0 Å². The highest BCUT2D eigenvalue weighted by Crippen LogP contribution is 2.45. The SMILES string of the molecule is CCC(CC)(C(=O)N[C@@H](c1cccc2ccccc12)C1(O)CCCC1)C(=O)N[C@@H](c1cccc2ccccc12)C1(O)CCCC1. The number of carbonyl (C=O) groups is 2. The Balaban J connectivity index is 1.37. The summed E-state index contributed by atoms with van der Waals surface area (Å²) in [4.78, 5) is 29.1. The maximum absolute atomic E-state index is 14.6. The Hall–Kier alpha value is -3.74. The lowest BCUT2D eigenvalue weighted by atomic mass is 9.77. The fourth-order valence-corrected chi connectivity index (χ4v) is 8.09. The van der Waals surface area contributed by atoms with E-state index in [-0.39, 0.29) is 12.8 Å². The molecule has 236 valence electrons. The summed E-state index contributed by atoms with van der Waals surface area (Å²) in [5.74, 6) is -0.781. The summed E-state index contributed by atoms with van der Waals surface area (Å²) in [5.41, 5.74) is -1.90. The molecular formula is C39H46N2O4. The average molecular weight is 607 g/mol. The molecule has 6 heteroatoms. The Morgan fingerprint density at radius 2 is 0.978 bits per heavy atom. The van der Waals surface area contributed by atoms with Gasteiger partial charge >= 0.3 is 0 Å². The minimum atomic E-state index is -1.39. The van der Waals surface area contributed by atoms with Gasteiger partial charge in [-0.2, -0.15) is 0 Å². The fraction of sp³-hybridized carbons (Fsp3) is 0.436. The van der Waals surface area contributed by atoms with Gasteiger partial charge in [0.15, 0.2) is 0 Å². The van der Waals surface area contributed by atoms with Crippen molar-refractivity contribution in [2.75, 3.05) is 0 Å². The van der Waals surface area contributed by atoms with E-state index in [9.17, 15) is 19.8 Å². The van der Waals surface area contributed by atoms with Crippen molar-refractivity contribution in [2.24, 2.45) is 5.41 Å². The van der Waals surface area contributed by atoms with Crippen molar-refractivity contribution in [2.45, 2.75) is 101 Å². The van der Waals surface area contributed by atoms with Crippen LogP contribution in [0.2, 0.25) is 0 Å². The van der Waals surface area contributed by atoms with Crippen LogP contribution in [0.1, 0.15) is 101 Å². The van der Waals surface area contributed by atoms with Crippen LogP contribution in [0.3, 0.4) is 0 Å². The van der Waals surface area contributed by atoms with Crippen molar-refractivity contribution in [1.29, 1.82) is 0 Å². The second-order valence-corrected chi connectivity index (χ2v) is 13.4. The van der Waals surface area contributed by atoms with Crippen LogP contribution in [0.5, 0.6) is 0 Å². The van der Waals surface area contributed by atoms with Gasteiger partial charge in [0, 0.05) is 0 Å². The monoisotopic (exact) mass is 606 g/mol. The third-order valence-electron chi connectivity index (χ3n) is 10.9. The molecule has 2 saturated carbocycles. The molecule has 2 amide bonds. The van der Waals surface area contributed by atoms with Crippen LogP contribution in [0.25, 0.3) is 21.5 Å². The van der Waals surface area contributed by atoms with Gasteiger partial charge in [-0.05, 0) is 71.2 Å². The molecule has 0 radical (unpaired) electrons. The zero-order valence-electron chi connectivity index (χ0n) is 26.5. The molecule has 2 fully saturated rings. The largest absolute Gasteiger partial charge is 0.387 e. The molecule has 0 aromatic heterocycles. The molecule has 0 unspecified atom stereocenters. The molecule has 6 rings (SSSR count). The number of nitrogens with one attached hydrogen (secondary N) is 2. The third kappa shape index (κ3) is 5.64.